The second kappa shape index (κ2) is 8.10. The van der Waals surface area contributed by atoms with Crippen molar-refractivity contribution in [3.63, 3.8) is 0 Å². The summed E-state index contributed by atoms with van der Waals surface area (Å²) < 4.78 is 0. The highest BCUT2D eigenvalue weighted by Crippen LogP contribution is 2.26. The molecule has 2 atom stereocenters. The Morgan fingerprint density at radius 1 is 1.24 bits per heavy atom. The minimum Gasteiger partial charge on any atom is -0.315 e. The zero-order valence-electron chi connectivity index (χ0n) is 12.3. The molecular formula is C15H32N2. The number of unbranched alkanes of at least 4 members (excludes halogenated alkanes) is 1. The summed E-state index contributed by atoms with van der Waals surface area (Å²) >= 11 is 0. The first-order valence-corrected chi connectivity index (χ1v) is 7.53. The summed E-state index contributed by atoms with van der Waals surface area (Å²) in [7, 11) is 2.32. The lowest BCUT2D eigenvalue weighted by Gasteiger charge is -2.34. The van der Waals surface area contributed by atoms with Crippen molar-refractivity contribution in [3.8, 4) is 0 Å². The summed E-state index contributed by atoms with van der Waals surface area (Å²) in [4.78, 5) is 2.60. The fraction of sp³-hybridized carbons (Fsp3) is 1.00. The molecule has 0 spiro atoms. The van der Waals surface area contributed by atoms with E-state index >= 15 is 0 Å². The van der Waals surface area contributed by atoms with E-state index in [0.717, 1.165) is 12.0 Å². The van der Waals surface area contributed by atoms with Crippen LogP contribution in [0.3, 0.4) is 0 Å². The van der Waals surface area contributed by atoms with Crippen LogP contribution in [0.15, 0.2) is 0 Å². The van der Waals surface area contributed by atoms with Crippen LogP contribution in [-0.2, 0) is 0 Å². The van der Waals surface area contributed by atoms with Gasteiger partial charge in [0, 0.05) is 12.1 Å². The van der Waals surface area contributed by atoms with Gasteiger partial charge in [-0.3, -0.25) is 0 Å². The average Bonchev–Trinajstić information content (AvgIpc) is 2.28. The Morgan fingerprint density at radius 3 is 2.65 bits per heavy atom. The molecule has 0 bridgehead atoms. The SMILES string of the molecule is CC1CCCC(N(C)CCCCNC(C)C)C1. The van der Waals surface area contributed by atoms with E-state index in [4.69, 9.17) is 0 Å². The van der Waals surface area contributed by atoms with E-state index < -0.39 is 0 Å². The van der Waals surface area contributed by atoms with E-state index in [1.165, 1.54) is 51.6 Å². The molecule has 1 saturated carbocycles. The van der Waals surface area contributed by atoms with Crippen molar-refractivity contribution in [3.05, 3.63) is 0 Å². The number of hydrogen-bond donors (Lipinski definition) is 1. The van der Waals surface area contributed by atoms with E-state index in [-0.39, 0.29) is 0 Å². The fourth-order valence-electron chi connectivity index (χ4n) is 2.86. The molecule has 0 aliphatic heterocycles. The molecule has 0 aromatic heterocycles. The third kappa shape index (κ3) is 6.42. The lowest BCUT2D eigenvalue weighted by atomic mass is 9.86. The zero-order chi connectivity index (χ0) is 12.7. The van der Waals surface area contributed by atoms with Crippen LogP contribution < -0.4 is 5.32 Å². The van der Waals surface area contributed by atoms with Crippen molar-refractivity contribution >= 4 is 0 Å². The van der Waals surface area contributed by atoms with Gasteiger partial charge in [0.1, 0.15) is 0 Å². The van der Waals surface area contributed by atoms with Gasteiger partial charge in [0.2, 0.25) is 0 Å². The molecule has 2 heteroatoms. The standard InChI is InChI=1S/C15H32N2/c1-13(2)16-10-5-6-11-17(4)15-9-7-8-14(3)12-15/h13-16H,5-12H2,1-4H3. The molecule has 0 heterocycles. The smallest absolute Gasteiger partial charge is 0.00947 e. The van der Waals surface area contributed by atoms with Crippen LogP contribution in [0.25, 0.3) is 0 Å². The second-order valence-corrected chi connectivity index (χ2v) is 6.22. The van der Waals surface area contributed by atoms with Crippen molar-refractivity contribution in [1.29, 1.82) is 0 Å². The first kappa shape index (κ1) is 15.0. The van der Waals surface area contributed by atoms with Gasteiger partial charge in [-0.05, 0) is 51.7 Å². The van der Waals surface area contributed by atoms with Crippen LogP contribution in [0.1, 0.15) is 59.3 Å². The molecule has 0 aromatic rings. The summed E-state index contributed by atoms with van der Waals surface area (Å²) in [6.45, 7) is 9.29. The van der Waals surface area contributed by atoms with Gasteiger partial charge in [0.05, 0.1) is 0 Å². The van der Waals surface area contributed by atoms with Gasteiger partial charge in [0.15, 0.2) is 0 Å². The molecule has 0 radical (unpaired) electrons. The van der Waals surface area contributed by atoms with E-state index in [1.807, 2.05) is 0 Å². The Kier molecular flexibility index (Phi) is 7.14. The quantitative estimate of drug-likeness (QED) is 0.687. The second-order valence-electron chi connectivity index (χ2n) is 6.22. The molecule has 17 heavy (non-hydrogen) atoms. The largest absolute Gasteiger partial charge is 0.315 e. The molecule has 102 valence electrons. The normalized spacial score (nSPS) is 25.8. The van der Waals surface area contributed by atoms with Crippen LogP contribution in [-0.4, -0.2) is 37.1 Å². The van der Waals surface area contributed by atoms with Gasteiger partial charge in [0.25, 0.3) is 0 Å². The molecule has 1 rings (SSSR count). The Balaban J connectivity index is 2.05. The third-order valence-electron chi connectivity index (χ3n) is 4.02. The van der Waals surface area contributed by atoms with Crippen LogP contribution >= 0.6 is 0 Å². The summed E-state index contributed by atoms with van der Waals surface area (Å²) in [5.41, 5.74) is 0. The van der Waals surface area contributed by atoms with Crippen LogP contribution in [0.5, 0.6) is 0 Å². The van der Waals surface area contributed by atoms with Gasteiger partial charge >= 0.3 is 0 Å². The zero-order valence-corrected chi connectivity index (χ0v) is 12.3. The maximum absolute atomic E-state index is 3.49. The molecule has 0 aromatic carbocycles. The third-order valence-corrected chi connectivity index (χ3v) is 4.02. The van der Waals surface area contributed by atoms with Crippen LogP contribution in [0.2, 0.25) is 0 Å². The molecule has 1 aliphatic rings. The summed E-state index contributed by atoms with van der Waals surface area (Å²) in [5.74, 6) is 0.943. The molecular weight excluding hydrogens is 208 g/mol. The lowest BCUT2D eigenvalue weighted by Crippen LogP contribution is -2.36. The van der Waals surface area contributed by atoms with Gasteiger partial charge in [-0.1, -0.05) is 33.6 Å². The Bertz CT molecular complexity index is 191. The van der Waals surface area contributed by atoms with Crippen molar-refractivity contribution in [2.24, 2.45) is 5.92 Å². The number of rotatable bonds is 7. The predicted molar refractivity (Wildman–Crippen MR) is 76.4 cm³/mol. The van der Waals surface area contributed by atoms with E-state index in [2.05, 4.69) is 38.0 Å². The molecule has 2 unspecified atom stereocenters. The maximum atomic E-state index is 3.49. The van der Waals surface area contributed by atoms with Crippen LogP contribution in [0, 0.1) is 5.92 Å². The van der Waals surface area contributed by atoms with Gasteiger partial charge < -0.3 is 10.2 Å². The van der Waals surface area contributed by atoms with Gasteiger partial charge in [-0.2, -0.15) is 0 Å². The number of nitrogens with zero attached hydrogens (tertiary/aromatic N) is 1. The van der Waals surface area contributed by atoms with Gasteiger partial charge in [-0.15, -0.1) is 0 Å². The summed E-state index contributed by atoms with van der Waals surface area (Å²) in [6, 6.07) is 1.49. The van der Waals surface area contributed by atoms with E-state index in [0.29, 0.717) is 6.04 Å². The lowest BCUT2D eigenvalue weighted by molar-refractivity contribution is 0.162. The average molecular weight is 240 g/mol. The Morgan fingerprint density at radius 2 is 2.00 bits per heavy atom. The maximum Gasteiger partial charge on any atom is 0.00947 e. The highest BCUT2D eigenvalue weighted by atomic mass is 15.1. The molecule has 1 aliphatic carbocycles. The molecule has 0 saturated heterocycles. The topological polar surface area (TPSA) is 15.3 Å². The van der Waals surface area contributed by atoms with E-state index in [9.17, 15) is 0 Å². The van der Waals surface area contributed by atoms with Gasteiger partial charge in [-0.25, -0.2) is 0 Å². The Labute approximate surface area is 108 Å². The predicted octanol–water partition coefficient (Wildman–Crippen LogP) is 3.28. The summed E-state index contributed by atoms with van der Waals surface area (Å²) in [5, 5.41) is 3.49. The van der Waals surface area contributed by atoms with Crippen molar-refractivity contribution in [1.82, 2.24) is 10.2 Å². The first-order chi connectivity index (χ1) is 8.09. The monoisotopic (exact) mass is 240 g/mol. The highest BCUT2D eigenvalue weighted by Gasteiger charge is 2.21. The number of nitrogens with one attached hydrogen (secondary N) is 1. The van der Waals surface area contributed by atoms with Crippen molar-refractivity contribution in [2.75, 3.05) is 20.1 Å². The van der Waals surface area contributed by atoms with Crippen molar-refractivity contribution in [2.45, 2.75) is 71.4 Å². The number of hydrogen-bond acceptors (Lipinski definition) is 2. The molecule has 0 amide bonds. The van der Waals surface area contributed by atoms with E-state index in [1.54, 1.807) is 0 Å². The summed E-state index contributed by atoms with van der Waals surface area (Å²) in [6.07, 6.45) is 8.37. The molecule has 2 nitrogen and oxygen atoms in total. The van der Waals surface area contributed by atoms with Crippen molar-refractivity contribution < 1.29 is 0 Å². The Hall–Kier alpha value is -0.0800. The first-order valence-electron chi connectivity index (χ1n) is 7.53. The minimum atomic E-state index is 0.631. The highest BCUT2D eigenvalue weighted by molar-refractivity contribution is 4.77. The molecule has 1 fully saturated rings. The fourth-order valence-corrected chi connectivity index (χ4v) is 2.86. The van der Waals surface area contributed by atoms with Crippen LogP contribution in [0.4, 0.5) is 0 Å². The minimum absolute atomic E-state index is 0.631. The molecule has 1 N–H and O–H groups in total.